The fourth-order valence-electron chi connectivity index (χ4n) is 1.32. The van der Waals surface area contributed by atoms with Gasteiger partial charge < -0.3 is 9.84 Å². The van der Waals surface area contributed by atoms with Crippen molar-refractivity contribution in [3.63, 3.8) is 0 Å². The highest BCUT2D eigenvalue weighted by Crippen LogP contribution is 2.27. The number of ether oxygens (including phenoxy) is 1. The average molecular weight is 285 g/mol. The number of anilines is 1. The van der Waals surface area contributed by atoms with Crippen LogP contribution in [0, 0.1) is 0 Å². The molecule has 0 aromatic heterocycles. The van der Waals surface area contributed by atoms with Crippen molar-refractivity contribution in [3.8, 4) is 5.75 Å². The van der Waals surface area contributed by atoms with Crippen LogP contribution in [-0.2, 0) is 14.8 Å². The molecule has 1 aromatic carbocycles. The summed E-state index contributed by atoms with van der Waals surface area (Å²) in [7, 11) is -2.00. The second kappa shape index (κ2) is 6.24. The highest BCUT2D eigenvalue weighted by molar-refractivity contribution is 7.92. The molecule has 7 heteroatoms. The SMILES string of the molecule is CCS(=O)(=O)Nc1cc(C=CC(=O)O)ccc1OC. The van der Waals surface area contributed by atoms with Crippen LogP contribution in [0.15, 0.2) is 24.3 Å². The number of carboxylic acid groups (broad SMARTS) is 1. The quantitative estimate of drug-likeness (QED) is 0.774. The molecule has 1 aromatic rings. The number of benzene rings is 1. The van der Waals surface area contributed by atoms with Crippen LogP contribution in [0.4, 0.5) is 5.69 Å². The number of sulfonamides is 1. The second-order valence-corrected chi connectivity index (χ2v) is 5.65. The van der Waals surface area contributed by atoms with Gasteiger partial charge in [0.2, 0.25) is 10.0 Å². The number of hydrogen-bond donors (Lipinski definition) is 2. The van der Waals surface area contributed by atoms with Crippen molar-refractivity contribution in [2.75, 3.05) is 17.6 Å². The first-order valence-corrected chi connectivity index (χ1v) is 7.12. The molecule has 19 heavy (non-hydrogen) atoms. The molecule has 0 aliphatic rings. The van der Waals surface area contributed by atoms with Crippen molar-refractivity contribution in [1.82, 2.24) is 0 Å². The van der Waals surface area contributed by atoms with E-state index in [2.05, 4.69) is 4.72 Å². The molecule has 0 aliphatic heterocycles. The van der Waals surface area contributed by atoms with Crippen LogP contribution in [0.1, 0.15) is 12.5 Å². The molecule has 0 bridgehead atoms. The zero-order valence-electron chi connectivity index (χ0n) is 10.6. The van der Waals surface area contributed by atoms with Gasteiger partial charge in [-0.25, -0.2) is 13.2 Å². The van der Waals surface area contributed by atoms with Gasteiger partial charge in [-0.15, -0.1) is 0 Å². The number of nitrogens with one attached hydrogen (secondary N) is 1. The standard InChI is InChI=1S/C12H15NO5S/c1-3-19(16,17)13-10-8-9(5-7-12(14)15)4-6-11(10)18-2/h4-8,13H,3H2,1-2H3,(H,14,15). The lowest BCUT2D eigenvalue weighted by atomic mass is 10.2. The predicted octanol–water partition coefficient (Wildman–Crippen LogP) is 1.55. The van der Waals surface area contributed by atoms with Gasteiger partial charge >= 0.3 is 5.97 Å². The predicted molar refractivity (Wildman–Crippen MR) is 72.7 cm³/mol. The maximum atomic E-state index is 11.5. The van der Waals surface area contributed by atoms with Crippen molar-refractivity contribution in [2.24, 2.45) is 0 Å². The lowest BCUT2D eigenvalue weighted by Crippen LogP contribution is -2.15. The summed E-state index contributed by atoms with van der Waals surface area (Å²) in [5.41, 5.74) is 0.828. The molecule has 0 atom stereocenters. The molecular formula is C12H15NO5S. The first-order valence-electron chi connectivity index (χ1n) is 5.47. The number of carboxylic acids is 1. The summed E-state index contributed by atoms with van der Waals surface area (Å²) in [5, 5.41) is 8.55. The van der Waals surface area contributed by atoms with Crippen molar-refractivity contribution in [1.29, 1.82) is 0 Å². The number of methoxy groups -OCH3 is 1. The Morgan fingerprint density at radius 1 is 1.47 bits per heavy atom. The highest BCUT2D eigenvalue weighted by atomic mass is 32.2. The van der Waals surface area contributed by atoms with Crippen molar-refractivity contribution >= 4 is 27.8 Å². The van der Waals surface area contributed by atoms with Gasteiger partial charge in [-0.05, 0) is 30.7 Å². The zero-order valence-corrected chi connectivity index (χ0v) is 11.4. The summed E-state index contributed by atoms with van der Waals surface area (Å²) in [6.45, 7) is 1.52. The highest BCUT2D eigenvalue weighted by Gasteiger charge is 2.11. The molecule has 0 unspecified atom stereocenters. The molecule has 6 nitrogen and oxygen atoms in total. The van der Waals surface area contributed by atoms with Gasteiger partial charge in [0, 0.05) is 6.08 Å². The fraction of sp³-hybridized carbons (Fsp3) is 0.250. The third-order valence-corrected chi connectivity index (χ3v) is 3.58. The Balaban J connectivity index is 3.13. The van der Waals surface area contributed by atoms with Gasteiger partial charge in [-0.3, -0.25) is 4.72 Å². The first kappa shape index (κ1) is 15.0. The van der Waals surface area contributed by atoms with Crippen LogP contribution in [0.25, 0.3) is 6.08 Å². The van der Waals surface area contributed by atoms with Crippen LogP contribution in [0.2, 0.25) is 0 Å². The molecule has 0 spiro atoms. The Labute approximate surface area is 111 Å². The van der Waals surface area contributed by atoms with Gasteiger partial charge in [-0.2, -0.15) is 0 Å². The summed E-state index contributed by atoms with van der Waals surface area (Å²) in [5.74, 6) is -0.776. The Morgan fingerprint density at radius 3 is 2.68 bits per heavy atom. The maximum Gasteiger partial charge on any atom is 0.328 e. The van der Waals surface area contributed by atoms with Crippen LogP contribution < -0.4 is 9.46 Å². The molecule has 0 saturated carbocycles. The minimum absolute atomic E-state index is 0.0641. The Kier molecular flexibility index (Phi) is 4.94. The Morgan fingerprint density at radius 2 is 2.16 bits per heavy atom. The smallest absolute Gasteiger partial charge is 0.328 e. The van der Waals surface area contributed by atoms with Crippen LogP contribution in [0.5, 0.6) is 5.75 Å². The molecule has 0 aliphatic carbocycles. The summed E-state index contributed by atoms with van der Waals surface area (Å²) < 4.78 is 30.5. The molecule has 104 valence electrons. The first-order chi connectivity index (χ1) is 8.88. The zero-order chi connectivity index (χ0) is 14.5. The van der Waals surface area contributed by atoms with E-state index in [1.54, 1.807) is 12.1 Å². The van der Waals surface area contributed by atoms with E-state index in [0.717, 1.165) is 6.08 Å². The monoisotopic (exact) mass is 285 g/mol. The van der Waals surface area contributed by atoms with Crippen LogP contribution in [-0.4, -0.2) is 32.4 Å². The fourth-order valence-corrected chi connectivity index (χ4v) is 1.96. The van der Waals surface area contributed by atoms with Gasteiger partial charge in [0.25, 0.3) is 0 Å². The van der Waals surface area contributed by atoms with Crippen molar-refractivity contribution in [3.05, 3.63) is 29.8 Å². The average Bonchev–Trinajstić information content (AvgIpc) is 2.36. The molecule has 0 radical (unpaired) electrons. The van der Waals surface area contributed by atoms with E-state index < -0.39 is 16.0 Å². The minimum atomic E-state index is -3.42. The van der Waals surface area contributed by atoms with Gasteiger partial charge in [0.15, 0.2) is 0 Å². The third kappa shape index (κ3) is 4.63. The van der Waals surface area contributed by atoms with Crippen LogP contribution >= 0.6 is 0 Å². The van der Waals surface area contributed by atoms with E-state index in [0.29, 0.717) is 11.3 Å². The van der Waals surface area contributed by atoms with E-state index in [1.807, 2.05) is 0 Å². The topological polar surface area (TPSA) is 92.7 Å². The van der Waals surface area contributed by atoms with Gasteiger partial charge in [0.1, 0.15) is 5.75 Å². The summed E-state index contributed by atoms with van der Waals surface area (Å²) >= 11 is 0. The number of hydrogen-bond acceptors (Lipinski definition) is 4. The molecule has 0 heterocycles. The van der Waals surface area contributed by atoms with E-state index in [9.17, 15) is 13.2 Å². The van der Waals surface area contributed by atoms with Crippen LogP contribution in [0.3, 0.4) is 0 Å². The molecule has 1 rings (SSSR count). The van der Waals surface area contributed by atoms with Gasteiger partial charge in [-0.1, -0.05) is 6.07 Å². The summed E-state index contributed by atoms with van der Waals surface area (Å²) in [6, 6.07) is 4.70. The summed E-state index contributed by atoms with van der Waals surface area (Å²) in [4.78, 5) is 10.4. The Hall–Kier alpha value is -2.02. The summed E-state index contributed by atoms with van der Waals surface area (Å²) in [6.07, 6.45) is 2.34. The normalized spacial score (nSPS) is 11.5. The van der Waals surface area contributed by atoms with Crippen molar-refractivity contribution < 1.29 is 23.1 Å². The van der Waals surface area contributed by atoms with E-state index in [4.69, 9.17) is 9.84 Å². The second-order valence-electron chi connectivity index (χ2n) is 3.64. The molecule has 0 saturated heterocycles. The van der Waals surface area contributed by atoms with E-state index in [1.165, 1.54) is 26.2 Å². The van der Waals surface area contributed by atoms with Crippen molar-refractivity contribution in [2.45, 2.75) is 6.92 Å². The molecule has 0 amide bonds. The molecule has 0 fully saturated rings. The molecule has 2 N–H and O–H groups in total. The number of aliphatic carboxylic acids is 1. The minimum Gasteiger partial charge on any atom is -0.495 e. The van der Waals surface area contributed by atoms with E-state index >= 15 is 0 Å². The lowest BCUT2D eigenvalue weighted by Gasteiger charge is -2.11. The maximum absolute atomic E-state index is 11.5. The lowest BCUT2D eigenvalue weighted by molar-refractivity contribution is -0.131. The number of rotatable bonds is 6. The number of carbonyl (C=O) groups is 1. The van der Waals surface area contributed by atoms with Gasteiger partial charge in [0.05, 0.1) is 18.6 Å². The van der Waals surface area contributed by atoms with E-state index in [-0.39, 0.29) is 11.4 Å². The molecular weight excluding hydrogens is 270 g/mol. The third-order valence-electron chi connectivity index (χ3n) is 2.29. The Bertz CT molecular complexity index is 592. The largest absolute Gasteiger partial charge is 0.495 e.